The first-order valence-electron chi connectivity index (χ1n) is 4.47. The predicted octanol–water partition coefficient (Wildman–Crippen LogP) is 2.06. The highest BCUT2D eigenvalue weighted by Crippen LogP contribution is 2.09. The van der Waals surface area contributed by atoms with Crippen LogP contribution in [0.1, 0.15) is 17.3 Å². The maximum atomic E-state index is 11.6. The van der Waals surface area contributed by atoms with Gasteiger partial charge in [0.15, 0.2) is 0 Å². The minimum absolute atomic E-state index is 0.271. The summed E-state index contributed by atoms with van der Waals surface area (Å²) in [6.45, 7) is 1.50. The SMILES string of the molecule is C/C(=C\C(=O)O)NC(=O)c1ccc(Cl)cc1. The first kappa shape index (κ1) is 12.3. The number of rotatable bonds is 3. The van der Waals surface area contributed by atoms with Crippen LogP contribution < -0.4 is 5.32 Å². The Morgan fingerprint density at radius 2 is 1.88 bits per heavy atom. The molecule has 0 atom stereocenters. The van der Waals surface area contributed by atoms with Gasteiger partial charge < -0.3 is 10.4 Å². The number of carbonyl (C=O) groups excluding carboxylic acids is 1. The van der Waals surface area contributed by atoms with Crippen LogP contribution in [-0.4, -0.2) is 17.0 Å². The van der Waals surface area contributed by atoms with Crippen molar-refractivity contribution < 1.29 is 14.7 Å². The van der Waals surface area contributed by atoms with Crippen molar-refractivity contribution in [2.75, 3.05) is 0 Å². The minimum atomic E-state index is -1.10. The Bertz CT molecular complexity index is 437. The van der Waals surface area contributed by atoms with Crippen molar-refractivity contribution in [3.05, 3.63) is 46.6 Å². The first-order valence-corrected chi connectivity index (χ1v) is 4.85. The normalized spacial score (nSPS) is 11.0. The van der Waals surface area contributed by atoms with Crippen LogP contribution in [0.5, 0.6) is 0 Å². The lowest BCUT2D eigenvalue weighted by Gasteiger charge is -2.04. The highest BCUT2D eigenvalue weighted by Gasteiger charge is 2.05. The molecule has 0 bridgehead atoms. The summed E-state index contributed by atoms with van der Waals surface area (Å²) in [7, 11) is 0. The van der Waals surface area contributed by atoms with Crippen molar-refractivity contribution in [2.24, 2.45) is 0 Å². The van der Waals surface area contributed by atoms with E-state index in [4.69, 9.17) is 16.7 Å². The maximum Gasteiger partial charge on any atom is 0.330 e. The molecule has 0 aliphatic carbocycles. The van der Waals surface area contributed by atoms with E-state index in [1.807, 2.05) is 0 Å². The van der Waals surface area contributed by atoms with E-state index >= 15 is 0 Å². The molecule has 0 aliphatic rings. The van der Waals surface area contributed by atoms with Crippen LogP contribution in [0.3, 0.4) is 0 Å². The van der Waals surface area contributed by atoms with Crippen molar-refractivity contribution in [2.45, 2.75) is 6.92 Å². The van der Waals surface area contributed by atoms with Crippen LogP contribution >= 0.6 is 11.6 Å². The number of hydrogen-bond donors (Lipinski definition) is 2. The van der Waals surface area contributed by atoms with E-state index in [9.17, 15) is 9.59 Å². The van der Waals surface area contributed by atoms with Gasteiger partial charge in [0.2, 0.25) is 0 Å². The summed E-state index contributed by atoms with van der Waals surface area (Å²) < 4.78 is 0. The van der Waals surface area contributed by atoms with E-state index in [-0.39, 0.29) is 11.6 Å². The Kier molecular flexibility index (Phi) is 4.08. The molecule has 1 amide bonds. The summed E-state index contributed by atoms with van der Waals surface area (Å²) in [5, 5.41) is 11.4. The highest BCUT2D eigenvalue weighted by molar-refractivity contribution is 6.30. The van der Waals surface area contributed by atoms with Crippen LogP contribution in [0, 0.1) is 0 Å². The molecule has 0 fully saturated rings. The number of amides is 1. The largest absolute Gasteiger partial charge is 0.478 e. The molecule has 2 N–H and O–H groups in total. The van der Waals surface area contributed by atoms with Crippen molar-refractivity contribution in [1.82, 2.24) is 5.32 Å². The van der Waals surface area contributed by atoms with E-state index in [1.165, 1.54) is 6.92 Å². The van der Waals surface area contributed by atoms with E-state index in [0.717, 1.165) is 6.08 Å². The Balaban J connectivity index is 2.73. The summed E-state index contributed by atoms with van der Waals surface area (Å²) in [4.78, 5) is 21.9. The van der Waals surface area contributed by atoms with Gasteiger partial charge in [-0.3, -0.25) is 4.79 Å². The molecule has 0 radical (unpaired) electrons. The van der Waals surface area contributed by atoms with Gasteiger partial charge in [0.05, 0.1) is 0 Å². The summed E-state index contributed by atoms with van der Waals surface area (Å²) in [5.41, 5.74) is 0.690. The molecule has 0 unspecified atom stereocenters. The molecule has 16 heavy (non-hydrogen) atoms. The van der Waals surface area contributed by atoms with Crippen molar-refractivity contribution in [3.8, 4) is 0 Å². The van der Waals surface area contributed by atoms with Gasteiger partial charge in [0, 0.05) is 22.4 Å². The number of allylic oxidation sites excluding steroid dienone is 1. The van der Waals surface area contributed by atoms with Gasteiger partial charge in [0.1, 0.15) is 0 Å². The zero-order valence-electron chi connectivity index (χ0n) is 8.53. The molecule has 5 heteroatoms. The molecule has 0 saturated carbocycles. The molecule has 0 saturated heterocycles. The smallest absolute Gasteiger partial charge is 0.330 e. The van der Waals surface area contributed by atoms with Crippen molar-refractivity contribution in [1.29, 1.82) is 0 Å². The summed E-state index contributed by atoms with van der Waals surface area (Å²) >= 11 is 5.67. The number of carboxylic acid groups (broad SMARTS) is 1. The zero-order chi connectivity index (χ0) is 12.1. The Hall–Kier alpha value is -1.81. The van der Waals surface area contributed by atoms with E-state index in [0.29, 0.717) is 10.6 Å². The van der Waals surface area contributed by atoms with Crippen LogP contribution in [-0.2, 0) is 4.79 Å². The van der Waals surface area contributed by atoms with Gasteiger partial charge in [0.25, 0.3) is 5.91 Å². The third-order valence-corrected chi connectivity index (χ3v) is 2.01. The van der Waals surface area contributed by atoms with Crippen LogP contribution in [0.4, 0.5) is 0 Å². The Labute approximate surface area is 97.5 Å². The van der Waals surface area contributed by atoms with Gasteiger partial charge in [-0.25, -0.2) is 4.79 Å². The Morgan fingerprint density at radius 3 is 2.38 bits per heavy atom. The van der Waals surface area contributed by atoms with Crippen LogP contribution in [0.15, 0.2) is 36.0 Å². The fourth-order valence-electron chi connectivity index (χ4n) is 1.07. The second-order valence-electron chi connectivity index (χ2n) is 3.13. The summed E-state index contributed by atoms with van der Waals surface area (Å²) in [6, 6.07) is 6.30. The quantitative estimate of drug-likeness (QED) is 0.794. The number of carboxylic acids is 1. The molecule has 0 aliphatic heterocycles. The third kappa shape index (κ3) is 3.74. The third-order valence-electron chi connectivity index (χ3n) is 1.76. The van der Waals surface area contributed by atoms with Gasteiger partial charge in [-0.2, -0.15) is 0 Å². The van der Waals surface area contributed by atoms with Gasteiger partial charge in [-0.15, -0.1) is 0 Å². The average molecular weight is 240 g/mol. The molecule has 0 spiro atoms. The van der Waals surface area contributed by atoms with Gasteiger partial charge >= 0.3 is 5.97 Å². The van der Waals surface area contributed by atoms with Crippen molar-refractivity contribution >= 4 is 23.5 Å². The summed E-state index contributed by atoms with van der Waals surface area (Å²) in [6.07, 6.45) is 0.924. The topological polar surface area (TPSA) is 66.4 Å². The molecule has 1 aromatic carbocycles. The van der Waals surface area contributed by atoms with Gasteiger partial charge in [-0.05, 0) is 31.2 Å². The molecule has 4 nitrogen and oxygen atoms in total. The number of halogens is 1. The number of nitrogens with one attached hydrogen (secondary N) is 1. The summed E-state index contributed by atoms with van der Waals surface area (Å²) in [5.74, 6) is -1.47. The lowest BCUT2D eigenvalue weighted by molar-refractivity contribution is -0.131. The monoisotopic (exact) mass is 239 g/mol. The number of aliphatic carboxylic acids is 1. The zero-order valence-corrected chi connectivity index (χ0v) is 9.28. The van der Waals surface area contributed by atoms with Gasteiger partial charge in [-0.1, -0.05) is 11.6 Å². The second-order valence-corrected chi connectivity index (χ2v) is 3.56. The standard InChI is InChI=1S/C11H10ClNO3/c1-7(6-10(14)15)13-11(16)8-2-4-9(12)5-3-8/h2-6H,1H3,(H,13,16)(H,14,15)/b7-6+. The predicted molar refractivity (Wildman–Crippen MR) is 60.3 cm³/mol. The van der Waals surface area contributed by atoms with Crippen LogP contribution in [0.25, 0.3) is 0 Å². The molecule has 84 valence electrons. The lowest BCUT2D eigenvalue weighted by atomic mass is 10.2. The average Bonchev–Trinajstić information content (AvgIpc) is 2.16. The highest BCUT2D eigenvalue weighted by atomic mass is 35.5. The molecule has 0 aromatic heterocycles. The number of benzene rings is 1. The second kappa shape index (κ2) is 5.32. The van der Waals surface area contributed by atoms with E-state index < -0.39 is 5.97 Å². The number of carbonyl (C=O) groups is 2. The maximum absolute atomic E-state index is 11.6. The molecular formula is C11H10ClNO3. The van der Waals surface area contributed by atoms with E-state index in [2.05, 4.69) is 5.32 Å². The fourth-order valence-corrected chi connectivity index (χ4v) is 1.20. The number of hydrogen-bond acceptors (Lipinski definition) is 2. The van der Waals surface area contributed by atoms with E-state index in [1.54, 1.807) is 24.3 Å². The lowest BCUT2D eigenvalue weighted by Crippen LogP contribution is -2.21. The minimum Gasteiger partial charge on any atom is -0.478 e. The first-order chi connectivity index (χ1) is 7.49. The Morgan fingerprint density at radius 1 is 1.31 bits per heavy atom. The molecule has 1 aromatic rings. The van der Waals surface area contributed by atoms with Crippen LogP contribution in [0.2, 0.25) is 5.02 Å². The fraction of sp³-hybridized carbons (Fsp3) is 0.0909. The molecule has 1 rings (SSSR count). The van der Waals surface area contributed by atoms with Crippen molar-refractivity contribution in [3.63, 3.8) is 0 Å². The molecular weight excluding hydrogens is 230 g/mol. The molecule has 0 heterocycles.